The van der Waals surface area contributed by atoms with Crippen LogP contribution in [0.3, 0.4) is 0 Å². The maximum Gasteiger partial charge on any atom is 0.223 e. The van der Waals surface area contributed by atoms with Gasteiger partial charge in [0.15, 0.2) is 0 Å². The lowest BCUT2D eigenvalue weighted by Crippen LogP contribution is -2.42. The van der Waals surface area contributed by atoms with Gasteiger partial charge in [0.1, 0.15) is 0 Å². The molecule has 0 bridgehead atoms. The van der Waals surface area contributed by atoms with Crippen LogP contribution in [0.25, 0.3) is 0 Å². The molecule has 2 aliphatic rings. The summed E-state index contributed by atoms with van der Waals surface area (Å²) in [5.74, 6) is 1.58. The van der Waals surface area contributed by atoms with Gasteiger partial charge in [0.25, 0.3) is 0 Å². The van der Waals surface area contributed by atoms with Gasteiger partial charge in [0.2, 0.25) is 5.91 Å². The molecule has 4 heteroatoms. The highest BCUT2D eigenvalue weighted by Gasteiger charge is 2.34. The molecule has 0 aromatic carbocycles. The molecule has 2 atom stereocenters. The Bertz CT molecular complexity index is 273. The van der Waals surface area contributed by atoms with Gasteiger partial charge in [-0.15, -0.1) is 0 Å². The lowest BCUT2D eigenvalue weighted by molar-refractivity contribution is -0.135. The summed E-state index contributed by atoms with van der Waals surface area (Å²) in [6, 6.07) is 0.391. The molecule has 0 radical (unpaired) electrons. The molecule has 104 valence electrons. The Labute approximate surface area is 110 Å². The van der Waals surface area contributed by atoms with Crippen LogP contribution in [-0.4, -0.2) is 50.2 Å². The van der Waals surface area contributed by atoms with Crippen molar-refractivity contribution in [3.05, 3.63) is 0 Å². The summed E-state index contributed by atoms with van der Waals surface area (Å²) in [4.78, 5) is 14.5. The highest BCUT2D eigenvalue weighted by molar-refractivity contribution is 5.77. The summed E-state index contributed by atoms with van der Waals surface area (Å²) in [6.07, 6.45) is 4.40. The number of ether oxygens (including phenoxy) is 1. The van der Waals surface area contributed by atoms with E-state index in [1.54, 1.807) is 7.11 Å². The molecule has 1 aliphatic carbocycles. The van der Waals surface area contributed by atoms with Crippen molar-refractivity contribution in [2.75, 3.05) is 33.4 Å². The van der Waals surface area contributed by atoms with Crippen molar-refractivity contribution in [3.8, 4) is 0 Å². The molecule has 1 aliphatic heterocycles. The first-order chi connectivity index (χ1) is 8.72. The number of rotatable bonds is 7. The molecule has 2 unspecified atom stereocenters. The monoisotopic (exact) mass is 254 g/mol. The third-order valence-electron chi connectivity index (χ3n) is 4.28. The highest BCUT2D eigenvalue weighted by atomic mass is 16.5. The molecule has 1 saturated heterocycles. The van der Waals surface area contributed by atoms with Gasteiger partial charge in [0, 0.05) is 26.1 Å². The first-order valence-electron chi connectivity index (χ1n) is 7.21. The Hall–Kier alpha value is -0.610. The summed E-state index contributed by atoms with van der Waals surface area (Å²) in [7, 11) is 1.70. The van der Waals surface area contributed by atoms with E-state index in [4.69, 9.17) is 4.74 Å². The third-order valence-corrected chi connectivity index (χ3v) is 4.28. The average Bonchev–Trinajstić information content (AvgIpc) is 3.09. The molecule has 1 amide bonds. The Morgan fingerprint density at radius 2 is 2.22 bits per heavy atom. The number of nitrogens with one attached hydrogen (secondary N) is 1. The number of carbonyl (C=O) groups excluding carboxylic acids is 1. The van der Waals surface area contributed by atoms with E-state index in [9.17, 15) is 4.79 Å². The van der Waals surface area contributed by atoms with E-state index in [1.807, 2.05) is 0 Å². The first kappa shape index (κ1) is 13.8. The van der Waals surface area contributed by atoms with Crippen molar-refractivity contribution < 1.29 is 9.53 Å². The number of methoxy groups -OCH3 is 1. The second kappa shape index (κ2) is 6.53. The highest BCUT2D eigenvalue weighted by Crippen LogP contribution is 2.35. The van der Waals surface area contributed by atoms with Crippen molar-refractivity contribution in [3.63, 3.8) is 0 Å². The number of nitrogens with zero attached hydrogens (tertiary/aromatic N) is 1. The van der Waals surface area contributed by atoms with Crippen LogP contribution in [0.15, 0.2) is 0 Å². The van der Waals surface area contributed by atoms with Crippen molar-refractivity contribution >= 4 is 5.91 Å². The molecule has 2 rings (SSSR count). The summed E-state index contributed by atoms with van der Waals surface area (Å²) in [5, 5.41) is 3.33. The fourth-order valence-electron chi connectivity index (χ4n) is 2.83. The Balaban J connectivity index is 1.86. The fourth-order valence-corrected chi connectivity index (χ4v) is 2.83. The summed E-state index contributed by atoms with van der Waals surface area (Å²) in [5.41, 5.74) is 0. The smallest absolute Gasteiger partial charge is 0.223 e. The zero-order chi connectivity index (χ0) is 13.0. The topological polar surface area (TPSA) is 41.6 Å². The molecule has 2 fully saturated rings. The van der Waals surface area contributed by atoms with Gasteiger partial charge < -0.3 is 15.0 Å². The number of hydrogen-bond donors (Lipinski definition) is 1. The Morgan fingerprint density at radius 1 is 1.44 bits per heavy atom. The van der Waals surface area contributed by atoms with Gasteiger partial charge in [-0.2, -0.15) is 0 Å². The molecule has 0 spiro atoms. The fraction of sp³-hybridized carbons (Fsp3) is 0.929. The van der Waals surface area contributed by atoms with E-state index in [1.165, 1.54) is 12.8 Å². The van der Waals surface area contributed by atoms with E-state index < -0.39 is 0 Å². The summed E-state index contributed by atoms with van der Waals surface area (Å²) < 4.78 is 5.14. The zero-order valence-corrected chi connectivity index (χ0v) is 11.7. The van der Waals surface area contributed by atoms with Crippen LogP contribution in [0.2, 0.25) is 0 Å². The molecular weight excluding hydrogens is 228 g/mol. The molecule has 0 aromatic heterocycles. The van der Waals surface area contributed by atoms with E-state index in [2.05, 4.69) is 17.1 Å². The lowest BCUT2D eigenvalue weighted by atomic mass is 10.0. The van der Waals surface area contributed by atoms with E-state index in [-0.39, 0.29) is 0 Å². The van der Waals surface area contributed by atoms with Gasteiger partial charge >= 0.3 is 0 Å². The summed E-state index contributed by atoms with van der Waals surface area (Å²) >= 11 is 0. The molecule has 1 heterocycles. The minimum absolute atomic E-state index is 0.320. The van der Waals surface area contributed by atoms with Gasteiger partial charge in [-0.3, -0.25) is 4.79 Å². The third kappa shape index (κ3) is 3.69. The van der Waals surface area contributed by atoms with Crippen LogP contribution in [-0.2, 0) is 9.53 Å². The SMILES string of the molecule is COCCN(C(=O)CC1CCNC1)C(C)C1CC1. The van der Waals surface area contributed by atoms with Crippen molar-refractivity contribution in [1.82, 2.24) is 10.2 Å². The van der Waals surface area contributed by atoms with E-state index >= 15 is 0 Å². The molecular formula is C14H26N2O2. The molecule has 0 aromatic rings. The van der Waals surface area contributed by atoms with Crippen LogP contribution in [0.5, 0.6) is 0 Å². The van der Waals surface area contributed by atoms with Crippen molar-refractivity contribution in [2.24, 2.45) is 11.8 Å². The van der Waals surface area contributed by atoms with Crippen LogP contribution in [0, 0.1) is 11.8 Å². The summed E-state index contributed by atoms with van der Waals surface area (Å²) in [6.45, 7) is 5.65. The van der Waals surface area contributed by atoms with Crippen LogP contribution in [0.1, 0.15) is 32.6 Å². The largest absolute Gasteiger partial charge is 0.383 e. The van der Waals surface area contributed by atoms with Crippen molar-refractivity contribution in [1.29, 1.82) is 0 Å². The van der Waals surface area contributed by atoms with Gasteiger partial charge in [0.05, 0.1) is 6.61 Å². The Morgan fingerprint density at radius 3 is 2.78 bits per heavy atom. The van der Waals surface area contributed by atoms with Crippen LogP contribution >= 0.6 is 0 Å². The molecule has 18 heavy (non-hydrogen) atoms. The normalized spacial score (nSPS) is 25.1. The molecule has 4 nitrogen and oxygen atoms in total. The first-order valence-corrected chi connectivity index (χ1v) is 7.21. The molecule has 1 N–H and O–H groups in total. The average molecular weight is 254 g/mol. The van der Waals surface area contributed by atoms with Crippen molar-refractivity contribution in [2.45, 2.75) is 38.6 Å². The maximum atomic E-state index is 12.4. The second-order valence-corrected chi connectivity index (χ2v) is 5.72. The van der Waals surface area contributed by atoms with E-state index in [0.29, 0.717) is 30.9 Å². The second-order valence-electron chi connectivity index (χ2n) is 5.72. The van der Waals surface area contributed by atoms with Crippen LogP contribution < -0.4 is 5.32 Å². The molecule has 1 saturated carbocycles. The Kier molecular flexibility index (Phi) is 5.01. The van der Waals surface area contributed by atoms with E-state index in [0.717, 1.165) is 32.0 Å². The number of hydrogen-bond acceptors (Lipinski definition) is 3. The lowest BCUT2D eigenvalue weighted by Gasteiger charge is -2.30. The predicted molar refractivity (Wildman–Crippen MR) is 71.4 cm³/mol. The minimum atomic E-state index is 0.320. The van der Waals surface area contributed by atoms with Gasteiger partial charge in [-0.05, 0) is 51.1 Å². The minimum Gasteiger partial charge on any atom is -0.383 e. The predicted octanol–water partition coefficient (Wildman–Crippen LogP) is 1.26. The zero-order valence-electron chi connectivity index (χ0n) is 11.7. The standard InChI is InChI=1S/C14H26N2O2/c1-11(13-3-4-13)16(7-8-18-2)14(17)9-12-5-6-15-10-12/h11-13,15H,3-10H2,1-2H3. The number of amides is 1. The van der Waals surface area contributed by atoms with Gasteiger partial charge in [-0.25, -0.2) is 0 Å². The number of carbonyl (C=O) groups is 1. The van der Waals surface area contributed by atoms with Gasteiger partial charge in [-0.1, -0.05) is 0 Å². The quantitative estimate of drug-likeness (QED) is 0.743. The maximum absolute atomic E-state index is 12.4. The van der Waals surface area contributed by atoms with Crippen LogP contribution in [0.4, 0.5) is 0 Å².